The Kier molecular flexibility index (Phi) is 107. The molecular formula is AuNi2O. The van der Waals surface area contributed by atoms with Gasteiger partial charge in [-0.3, -0.25) is 0 Å². The van der Waals surface area contributed by atoms with Crippen LogP contribution in [0, 0.1) is 0 Å². The van der Waals surface area contributed by atoms with E-state index < -0.39 is 0 Å². The van der Waals surface area contributed by atoms with Crippen LogP contribution in [0.1, 0.15) is 0 Å². The van der Waals surface area contributed by atoms with Gasteiger partial charge in [0.05, 0.1) is 0 Å². The van der Waals surface area contributed by atoms with E-state index in [0.29, 0.717) is 0 Å². The van der Waals surface area contributed by atoms with Gasteiger partial charge in [0.15, 0.2) is 0 Å². The van der Waals surface area contributed by atoms with Crippen LogP contribution in [0.5, 0.6) is 0 Å². The normalized spacial score (nSPS) is 1.50. The van der Waals surface area contributed by atoms with Crippen molar-refractivity contribution in [3.8, 4) is 0 Å². The summed E-state index contributed by atoms with van der Waals surface area (Å²) in [6.07, 6.45) is 0. The SMILES string of the molecule is [Au].[Ni].[O]=[Ni]. The summed E-state index contributed by atoms with van der Waals surface area (Å²) in [6, 6.07) is 0. The summed E-state index contributed by atoms with van der Waals surface area (Å²) < 4.78 is 7.88. The quantitative estimate of drug-likeness (QED) is 0.566. The molecule has 0 rings (SSSR count). The van der Waals surface area contributed by atoms with Crippen molar-refractivity contribution >= 4 is 0 Å². The molecule has 0 saturated carbocycles. The third-order valence-electron chi connectivity index (χ3n) is 0. The molecule has 0 atom stereocenters. The molecule has 0 N–H and O–H groups in total. The molecule has 1 nitrogen and oxygen atoms in total. The van der Waals surface area contributed by atoms with Gasteiger partial charge in [0.25, 0.3) is 0 Å². The Labute approximate surface area is 57.9 Å². The number of hydrogen-bond acceptors (Lipinski definition) is 1. The fourth-order valence-electron chi connectivity index (χ4n) is 0. The van der Waals surface area contributed by atoms with Gasteiger partial charge < -0.3 is 0 Å². The second-order valence-electron chi connectivity index (χ2n) is 0. The third kappa shape index (κ3) is 9.66. The maximum absolute atomic E-state index is 7.88. The van der Waals surface area contributed by atoms with Gasteiger partial charge in [-0.05, 0) is 0 Å². The molecule has 0 aliphatic carbocycles. The van der Waals surface area contributed by atoms with Crippen molar-refractivity contribution in [3.05, 3.63) is 0 Å². The van der Waals surface area contributed by atoms with E-state index in [9.17, 15) is 0 Å². The zero-order chi connectivity index (χ0) is 2.00. The van der Waals surface area contributed by atoms with Crippen molar-refractivity contribution in [2.45, 2.75) is 0 Å². The summed E-state index contributed by atoms with van der Waals surface area (Å²) in [6.45, 7) is 0. The van der Waals surface area contributed by atoms with Gasteiger partial charge in [0.2, 0.25) is 0 Å². The van der Waals surface area contributed by atoms with Crippen LogP contribution in [-0.4, -0.2) is 0 Å². The Morgan fingerprint density at radius 3 is 1.25 bits per heavy atom. The van der Waals surface area contributed by atoms with E-state index in [1.54, 1.807) is 0 Å². The van der Waals surface area contributed by atoms with E-state index in [4.69, 9.17) is 3.90 Å². The topological polar surface area (TPSA) is 17.1 Å². The van der Waals surface area contributed by atoms with Crippen molar-refractivity contribution < 1.29 is 58.2 Å². The summed E-state index contributed by atoms with van der Waals surface area (Å²) in [5, 5.41) is 0. The van der Waals surface area contributed by atoms with Crippen LogP contribution in [0.2, 0.25) is 0 Å². The number of hydrogen-bond donors (Lipinski definition) is 0. The Balaban J connectivity index is -0.00000000500. The second-order valence-corrected chi connectivity index (χ2v) is 0. The minimum absolute atomic E-state index is 0. The molecular weight excluding hydrogens is 330 g/mol. The fourth-order valence-corrected chi connectivity index (χ4v) is 0. The Morgan fingerprint density at radius 2 is 1.25 bits per heavy atom. The second kappa shape index (κ2) is 24.1. The molecule has 37 valence electrons. The Bertz CT molecular complexity index is 6.00. The first kappa shape index (κ1) is 17.7. The molecule has 4 heavy (non-hydrogen) atoms. The molecule has 0 bridgehead atoms. The zero-order valence-corrected chi connectivity index (χ0v) is 5.48. The molecule has 0 aromatic heterocycles. The van der Waals surface area contributed by atoms with Gasteiger partial charge in [-0.1, -0.05) is 0 Å². The van der Waals surface area contributed by atoms with Gasteiger partial charge in [0.1, 0.15) is 0 Å². The van der Waals surface area contributed by atoms with Crippen molar-refractivity contribution in [1.29, 1.82) is 0 Å². The first-order valence-electron chi connectivity index (χ1n) is 0.129. The predicted molar refractivity (Wildman–Crippen MR) is 0.686 cm³/mol. The molecule has 0 saturated heterocycles. The van der Waals surface area contributed by atoms with E-state index in [1.165, 1.54) is 0 Å². The van der Waals surface area contributed by atoms with Crippen LogP contribution in [0.4, 0.5) is 0 Å². The van der Waals surface area contributed by atoms with Crippen LogP contribution < -0.4 is 0 Å². The minimum atomic E-state index is 0. The molecule has 0 amide bonds. The van der Waals surface area contributed by atoms with E-state index in [-0.39, 0.29) is 38.9 Å². The Morgan fingerprint density at radius 1 is 1.25 bits per heavy atom. The van der Waals surface area contributed by atoms with Gasteiger partial charge in [0, 0.05) is 38.9 Å². The molecule has 0 spiro atoms. The standard InChI is InChI=1S/Au.2Ni.O. The third-order valence-corrected chi connectivity index (χ3v) is 0. The summed E-state index contributed by atoms with van der Waals surface area (Å²) in [7, 11) is 0. The average Bonchev–Trinajstić information content (AvgIpc) is 1.00. The van der Waals surface area contributed by atoms with E-state index in [0.717, 1.165) is 0 Å². The summed E-state index contributed by atoms with van der Waals surface area (Å²) in [4.78, 5) is 0. The van der Waals surface area contributed by atoms with E-state index in [2.05, 4.69) is 15.4 Å². The molecule has 0 unspecified atom stereocenters. The van der Waals surface area contributed by atoms with Gasteiger partial charge >= 0.3 is 19.3 Å². The van der Waals surface area contributed by atoms with Gasteiger partial charge in [-0.15, -0.1) is 0 Å². The molecule has 0 aromatic rings. The summed E-state index contributed by atoms with van der Waals surface area (Å²) in [5.74, 6) is 0. The molecule has 1 radical (unpaired) electrons. The predicted octanol–water partition coefficient (Wildman–Crippen LogP) is -0.126. The first-order valence-corrected chi connectivity index (χ1v) is 0.532. The van der Waals surface area contributed by atoms with Gasteiger partial charge in [-0.25, -0.2) is 0 Å². The first-order chi connectivity index (χ1) is 1.00. The zero-order valence-electron chi connectivity index (χ0n) is 1.34. The van der Waals surface area contributed by atoms with E-state index >= 15 is 0 Å². The van der Waals surface area contributed by atoms with Crippen LogP contribution in [-0.2, 0) is 58.2 Å². The van der Waals surface area contributed by atoms with Crippen LogP contribution in [0.15, 0.2) is 0 Å². The molecule has 0 aliphatic rings. The van der Waals surface area contributed by atoms with Crippen LogP contribution in [0.25, 0.3) is 0 Å². The number of rotatable bonds is 0. The monoisotopic (exact) mass is 329 g/mol. The molecule has 0 aliphatic heterocycles. The molecule has 0 heterocycles. The summed E-state index contributed by atoms with van der Waals surface area (Å²) in [5.41, 5.74) is 0. The van der Waals surface area contributed by atoms with Crippen LogP contribution >= 0.6 is 0 Å². The average molecular weight is 330 g/mol. The van der Waals surface area contributed by atoms with Gasteiger partial charge in [-0.2, -0.15) is 0 Å². The van der Waals surface area contributed by atoms with Crippen molar-refractivity contribution in [1.82, 2.24) is 0 Å². The molecule has 0 aromatic carbocycles. The maximum atomic E-state index is 7.88. The summed E-state index contributed by atoms with van der Waals surface area (Å²) >= 11 is 2.62. The van der Waals surface area contributed by atoms with Crippen LogP contribution in [0.3, 0.4) is 0 Å². The van der Waals surface area contributed by atoms with Crippen molar-refractivity contribution in [3.63, 3.8) is 0 Å². The van der Waals surface area contributed by atoms with Crippen molar-refractivity contribution in [2.24, 2.45) is 0 Å². The molecule has 4 heteroatoms. The van der Waals surface area contributed by atoms with E-state index in [1.807, 2.05) is 0 Å². The molecule has 0 fully saturated rings. The Hall–Kier alpha value is 1.53. The van der Waals surface area contributed by atoms with Crippen molar-refractivity contribution in [2.75, 3.05) is 0 Å². The fraction of sp³-hybridized carbons (Fsp3) is 0.